The van der Waals surface area contributed by atoms with Gasteiger partial charge in [0.15, 0.2) is 0 Å². The van der Waals surface area contributed by atoms with E-state index in [9.17, 15) is 4.39 Å². The van der Waals surface area contributed by atoms with E-state index in [1.165, 1.54) is 12.3 Å². The highest BCUT2D eigenvalue weighted by atomic mass is 19.1. The Balaban J connectivity index is 2.94. The molecule has 2 nitrogen and oxygen atoms in total. The second-order valence-corrected chi connectivity index (χ2v) is 1.72. The number of nitrogens with two attached hydrogens (primary N) is 1. The van der Waals surface area contributed by atoms with Crippen molar-refractivity contribution in [2.75, 3.05) is 5.73 Å². The summed E-state index contributed by atoms with van der Waals surface area (Å²) in [4.78, 5) is 3.70. The van der Waals surface area contributed by atoms with Crippen LogP contribution in [0.25, 0.3) is 0 Å². The number of aromatic nitrogens is 1. The largest absolute Gasteiger partial charge is 0.384 e. The Morgan fingerprint density at radius 2 is 2.44 bits per heavy atom. The molecule has 0 saturated heterocycles. The zero-order valence-electron chi connectivity index (χ0n) is 4.84. The van der Waals surface area contributed by atoms with E-state index in [1.54, 1.807) is 6.07 Å². The smallest absolute Gasteiger partial charge is 0.123 e. The molecule has 0 fully saturated rings. The van der Waals surface area contributed by atoms with E-state index >= 15 is 0 Å². The van der Waals surface area contributed by atoms with Crippen LogP contribution in [0.4, 0.5) is 10.2 Å². The highest BCUT2D eigenvalue weighted by Gasteiger charge is 1.89. The van der Waals surface area contributed by atoms with Crippen LogP contribution in [0.2, 0.25) is 0 Å². The summed E-state index contributed by atoms with van der Waals surface area (Å²) in [5.74, 6) is 0.366. The Bertz CT molecular complexity index is 200. The number of halogens is 1. The van der Waals surface area contributed by atoms with Crippen molar-refractivity contribution >= 4 is 5.82 Å². The van der Waals surface area contributed by atoms with Gasteiger partial charge in [0.05, 0.1) is 0 Å². The first-order valence-corrected chi connectivity index (χ1v) is 2.59. The number of nitrogen functional groups attached to an aromatic ring is 1. The van der Waals surface area contributed by atoms with E-state index in [4.69, 9.17) is 5.73 Å². The minimum absolute atomic E-state index is 0.366. The summed E-state index contributed by atoms with van der Waals surface area (Å²) in [7, 11) is 0. The second-order valence-electron chi connectivity index (χ2n) is 1.72. The summed E-state index contributed by atoms with van der Waals surface area (Å²) in [6.45, 7) is -0.479. The van der Waals surface area contributed by atoms with E-state index in [1.807, 2.05) is 0 Å². The molecule has 0 aliphatic carbocycles. The molecule has 1 aromatic heterocycles. The van der Waals surface area contributed by atoms with Crippen molar-refractivity contribution in [3.63, 3.8) is 0 Å². The fraction of sp³-hybridized carbons (Fsp3) is 0.167. The quantitative estimate of drug-likeness (QED) is 0.612. The van der Waals surface area contributed by atoms with Crippen molar-refractivity contribution < 1.29 is 4.39 Å². The number of pyridine rings is 1. The van der Waals surface area contributed by atoms with Crippen LogP contribution < -0.4 is 5.73 Å². The predicted octanol–water partition coefficient (Wildman–Crippen LogP) is 1.13. The van der Waals surface area contributed by atoms with E-state index in [2.05, 4.69) is 4.98 Å². The zero-order chi connectivity index (χ0) is 6.69. The highest BCUT2D eigenvalue weighted by Crippen LogP contribution is 2.03. The van der Waals surface area contributed by atoms with Gasteiger partial charge < -0.3 is 5.73 Å². The van der Waals surface area contributed by atoms with Gasteiger partial charge in [-0.3, -0.25) is 0 Å². The molecule has 0 amide bonds. The predicted molar refractivity (Wildman–Crippen MR) is 33.5 cm³/mol. The van der Waals surface area contributed by atoms with Crippen LogP contribution in [-0.2, 0) is 6.67 Å². The van der Waals surface area contributed by atoms with Crippen molar-refractivity contribution in [2.45, 2.75) is 6.67 Å². The third-order valence-electron chi connectivity index (χ3n) is 1.000. The van der Waals surface area contributed by atoms with Crippen LogP contribution in [0.5, 0.6) is 0 Å². The molecule has 3 heteroatoms. The van der Waals surface area contributed by atoms with Crippen molar-refractivity contribution in [1.82, 2.24) is 4.98 Å². The zero-order valence-corrected chi connectivity index (χ0v) is 4.84. The molecule has 0 saturated carbocycles. The van der Waals surface area contributed by atoms with Crippen LogP contribution in [0.3, 0.4) is 0 Å². The molecule has 1 aromatic rings. The molecule has 1 rings (SSSR count). The summed E-state index contributed by atoms with van der Waals surface area (Å²) >= 11 is 0. The van der Waals surface area contributed by atoms with Gasteiger partial charge >= 0.3 is 0 Å². The lowest BCUT2D eigenvalue weighted by Gasteiger charge is -1.92. The minimum atomic E-state index is -0.479. The molecule has 0 aliphatic heterocycles. The molecular weight excluding hydrogens is 119 g/mol. The monoisotopic (exact) mass is 126 g/mol. The van der Waals surface area contributed by atoms with Gasteiger partial charge in [-0.25, -0.2) is 9.37 Å². The topological polar surface area (TPSA) is 38.9 Å². The average Bonchev–Trinajstić information content (AvgIpc) is 1.88. The number of alkyl halides is 1. The van der Waals surface area contributed by atoms with Crippen molar-refractivity contribution in [2.24, 2.45) is 0 Å². The Morgan fingerprint density at radius 1 is 1.67 bits per heavy atom. The van der Waals surface area contributed by atoms with Crippen LogP contribution >= 0.6 is 0 Å². The lowest BCUT2D eigenvalue weighted by atomic mass is 10.3. The number of hydrogen-bond acceptors (Lipinski definition) is 2. The molecule has 9 heavy (non-hydrogen) atoms. The molecule has 0 aromatic carbocycles. The lowest BCUT2D eigenvalue weighted by Crippen LogP contribution is -1.89. The Labute approximate surface area is 52.5 Å². The number of hydrogen-bond donors (Lipinski definition) is 1. The molecule has 0 bridgehead atoms. The number of nitrogens with zero attached hydrogens (tertiary/aromatic N) is 1. The van der Waals surface area contributed by atoms with Gasteiger partial charge in [0.25, 0.3) is 0 Å². The summed E-state index contributed by atoms with van der Waals surface area (Å²) in [5, 5.41) is 0. The first-order chi connectivity index (χ1) is 4.33. The second kappa shape index (κ2) is 2.44. The summed E-state index contributed by atoms with van der Waals surface area (Å²) < 4.78 is 11.8. The van der Waals surface area contributed by atoms with Gasteiger partial charge in [0.1, 0.15) is 12.5 Å². The minimum Gasteiger partial charge on any atom is -0.384 e. The molecule has 0 unspecified atom stereocenters. The lowest BCUT2D eigenvalue weighted by molar-refractivity contribution is 0.485. The molecule has 48 valence electrons. The number of anilines is 1. The Morgan fingerprint density at radius 3 is 2.89 bits per heavy atom. The van der Waals surface area contributed by atoms with Gasteiger partial charge in [-0.1, -0.05) is 0 Å². The standard InChI is InChI=1S/C6H7FN2/c7-4-5-1-2-9-6(8)3-5/h1-3H,4H2,(H2,8,9). The molecule has 0 atom stereocenters. The normalized spacial score (nSPS) is 9.44. The van der Waals surface area contributed by atoms with Gasteiger partial charge in [-0.05, 0) is 17.7 Å². The first kappa shape index (κ1) is 6.01. The molecule has 0 spiro atoms. The fourth-order valence-electron chi connectivity index (χ4n) is 0.578. The van der Waals surface area contributed by atoms with Crippen LogP contribution in [0.1, 0.15) is 5.56 Å². The highest BCUT2D eigenvalue weighted by molar-refractivity contribution is 5.31. The SMILES string of the molecule is Nc1cc(CF)ccn1. The van der Waals surface area contributed by atoms with E-state index in [0.717, 1.165) is 0 Å². The molecule has 2 N–H and O–H groups in total. The molecule has 0 aliphatic rings. The number of rotatable bonds is 1. The average molecular weight is 126 g/mol. The van der Waals surface area contributed by atoms with Crippen LogP contribution in [0, 0.1) is 0 Å². The van der Waals surface area contributed by atoms with Gasteiger partial charge in [-0.2, -0.15) is 0 Å². The summed E-state index contributed by atoms with van der Waals surface area (Å²) in [6.07, 6.45) is 1.49. The van der Waals surface area contributed by atoms with E-state index in [-0.39, 0.29) is 0 Å². The summed E-state index contributed by atoms with van der Waals surface area (Å²) in [5.41, 5.74) is 5.83. The van der Waals surface area contributed by atoms with Gasteiger partial charge in [0, 0.05) is 6.20 Å². The van der Waals surface area contributed by atoms with E-state index < -0.39 is 6.67 Å². The van der Waals surface area contributed by atoms with Crippen molar-refractivity contribution in [3.8, 4) is 0 Å². The third-order valence-corrected chi connectivity index (χ3v) is 1.000. The first-order valence-electron chi connectivity index (χ1n) is 2.59. The summed E-state index contributed by atoms with van der Waals surface area (Å²) in [6, 6.07) is 3.11. The van der Waals surface area contributed by atoms with Crippen molar-refractivity contribution in [3.05, 3.63) is 23.9 Å². The van der Waals surface area contributed by atoms with Crippen molar-refractivity contribution in [1.29, 1.82) is 0 Å². The molecular formula is C6H7FN2. The fourth-order valence-corrected chi connectivity index (χ4v) is 0.578. The maximum Gasteiger partial charge on any atom is 0.123 e. The van der Waals surface area contributed by atoms with Gasteiger partial charge in [0.2, 0.25) is 0 Å². The van der Waals surface area contributed by atoms with Gasteiger partial charge in [-0.15, -0.1) is 0 Å². The maximum atomic E-state index is 11.8. The maximum absolute atomic E-state index is 11.8. The van der Waals surface area contributed by atoms with Crippen LogP contribution in [0.15, 0.2) is 18.3 Å². The molecule has 1 heterocycles. The Kier molecular flexibility index (Phi) is 1.63. The molecule has 0 radical (unpaired) electrons. The Hall–Kier alpha value is -1.12. The van der Waals surface area contributed by atoms with Crippen LogP contribution in [-0.4, -0.2) is 4.98 Å². The van der Waals surface area contributed by atoms with E-state index in [0.29, 0.717) is 11.4 Å². The third kappa shape index (κ3) is 1.38.